The van der Waals surface area contributed by atoms with Crippen molar-refractivity contribution in [2.45, 2.75) is 49.4 Å². The molecule has 0 aliphatic carbocycles. The Morgan fingerprint density at radius 2 is 1.67 bits per heavy atom. The van der Waals surface area contributed by atoms with E-state index in [0.29, 0.717) is 0 Å². The minimum atomic E-state index is -1.84. The van der Waals surface area contributed by atoms with Crippen LogP contribution in [0.2, 0.25) is 0 Å². The lowest BCUT2D eigenvalue weighted by Crippen LogP contribution is -2.26. The largest absolute Gasteiger partial charge is 0.446 e. The first-order chi connectivity index (χ1) is 11.3. The lowest BCUT2D eigenvalue weighted by Gasteiger charge is -2.44. The second-order valence-corrected chi connectivity index (χ2v) is 9.83. The summed E-state index contributed by atoms with van der Waals surface area (Å²) in [5, 5.41) is 0. The molecular formula is C20H24O3S. The van der Waals surface area contributed by atoms with Gasteiger partial charge >= 0.3 is 5.97 Å². The van der Waals surface area contributed by atoms with Gasteiger partial charge in [0.25, 0.3) is 0 Å². The Kier molecular flexibility index (Phi) is 4.45. The van der Waals surface area contributed by atoms with E-state index in [-0.39, 0.29) is 17.0 Å². The Morgan fingerprint density at radius 3 is 2.29 bits per heavy atom. The second kappa shape index (κ2) is 6.26. The van der Waals surface area contributed by atoms with Gasteiger partial charge in [0.15, 0.2) is 5.44 Å². The smallest absolute Gasteiger partial charge is 0.304 e. The average Bonchev–Trinajstić information content (AvgIpc) is 2.81. The molecule has 1 heterocycles. The number of hydrogen-bond donors (Lipinski definition) is 0. The van der Waals surface area contributed by atoms with Crippen molar-refractivity contribution in [2.75, 3.05) is 0 Å². The fourth-order valence-corrected chi connectivity index (χ4v) is 7.10. The molecule has 2 aromatic carbocycles. The van der Waals surface area contributed by atoms with Crippen LogP contribution in [0.4, 0.5) is 0 Å². The molecule has 0 spiro atoms. The van der Waals surface area contributed by atoms with E-state index in [1.54, 1.807) is 0 Å². The molecule has 0 saturated heterocycles. The van der Waals surface area contributed by atoms with Crippen LogP contribution >= 0.6 is 10.3 Å². The van der Waals surface area contributed by atoms with E-state index in [9.17, 15) is 4.79 Å². The SMILES string of the molecule is CC(=O)OC1c2ccccc2CS1(OC(C)(C)C)c1ccccc1. The summed E-state index contributed by atoms with van der Waals surface area (Å²) in [6.45, 7) is 7.63. The van der Waals surface area contributed by atoms with Gasteiger partial charge in [-0.15, -0.1) is 0 Å². The van der Waals surface area contributed by atoms with Gasteiger partial charge in [0.05, 0.1) is 5.60 Å². The highest BCUT2D eigenvalue weighted by Crippen LogP contribution is 2.74. The van der Waals surface area contributed by atoms with Crippen molar-refractivity contribution >= 4 is 16.3 Å². The summed E-state index contributed by atoms with van der Waals surface area (Å²) in [4.78, 5) is 12.9. The van der Waals surface area contributed by atoms with Gasteiger partial charge < -0.3 is 8.92 Å². The molecule has 24 heavy (non-hydrogen) atoms. The third kappa shape index (κ3) is 3.21. The van der Waals surface area contributed by atoms with Gasteiger partial charge in [0, 0.05) is 23.1 Å². The summed E-state index contributed by atoms with van der Waals surface area (Å²) in [6.07, 6.45) is 0. The molecule has 1 aliphatic heterocycles. The minimum absolute atomic E-state index is 0.276. The predicted octanol–water partition coefficient (Wildman–Crippen LogP) is 5.36. The fraction of sp³-hybridized carbons (Fsp3) is 0.350. The van der Waals surface area contributed by atoms with Crippen molar-refractivity contribution in [3.05, 3.63) is 65.7 Å². The number of carbonyl (C=O) groups is 1. The normalized spacial score (nSPS) is 25.6. The van der Waals surface area contributed by atoms with E-state index in [4.69, 9.17) is 8.92 Å². The maximum absolute atomic E-state index is 11.8. The molecule has 3 nitrogen and oxygen atoms in total. The minimum Gasteiger partial charge on any atom is -0.446 e. The van der Waals surface area contributed by atoms with Crippen LogP contribution in [0.1, 0.15) is 44.3 Å². The lowest BCUT2D eigenvalue weighted by atomic mass is 10.1. The number of ether oxygens (including phenoxy) is 1. The standard InChI is InChI=1S/C20H24O3S/c1-15(21)22-19-18-13-9-8-10-16(18)14-24(19,23-20(2,3)4)17-11-6-5-7-12-17/h5-13,19H,14H2,1-4H3. The summed E-state index contributed by atoms with van der Waals surface area (Å²) >= 11 is 0. The average molecular weight is 344 g/mol. The first kappa shape index (κ1) is 17.1. The van der Waals surface area contributed by atoms with Crippen molar-refractivity contribution < 1.29 is 13.7 Å². The highest BCUT2D eigenvalue weighted by molar-refractivity contribution is 8.29. The Balaban J connectivity index is 2.18. The maximum Gasteiger partial charge on any atom is 0.304 e. The van der Waals surface area contributed by atoms with Gasteiger partial charge in [-0.2, -0.15) is 0 Å². The number of fused-ring (bicyclic) bond motifs is 1. The first-order valence-electron chi connectivity index (χ1n) is 8.12. The fourth-order valence-electron chi connectivity index (χ4n) is 3.12. The third-order valence-electron chi connectivity index (χ3n) is 3.84. The van der Waals surface area contributed by atoms with Crippen molar-refractivity contribution in [1.29, 1.82) is 0 Å². The van der Waals surface area contributed by atoms with Crippen LogP contribution in [0, 0.1) is 0 Å². The van der Waals surface area contributed by atoms with Crippen molar-refractivity contribution in [3.63, 3.8) is 0 Å². The van der Waals surface area contributed by atoms with Gasteiger partial charge in [-0.25, -0.2) is 0 Å². The van der Waals surface area contributed by atoms with E-state index in [1.807, 2.05) is 36.4 Å². The summed E-state index contributed by atoms with van der Waals surface area (Å²) < 4.78 is 12.5. The third-order valence-corrected chi connectivity index (χ3v) is 7.49. The van der Waals surface area contributed by atoms with Crippen LogP contribution in [0.25, 0.3) is 0 Å². The molecule has 0 bridgehead atoms. The summed E-state index contributed by atoms with van der Waals surface area (Å²) in [7, 11) is -1.84. The van der Waals surface area contributed by atoms with Crippen molar-refractivity contribution in [1.82, 2.24) is 0 Å². The van der Waals surface area contributed by atoms with Gasteiger partial charge in [-0.1, -0.05) is 52.8 Å². The number of esters is 1. The zero-order valence-electron chi connectivity index (χ0n) is 14.6. The van der Waals surface area contributed by atoms with Crippen LogP contribution in [-0.2, 0) is 19.5 Å². The van der Waals surface area contributed by atoms with Crippen molar-refractivity contribution in [2.24, 2.45) is 0 Å². The van der Waals surface area contributed by atoms with E-state index in [1.165, 1.54) is 12.5 Å². The highest BCUT2D eigenvalue weighted by atomic mass is 32.3. The topological polar surface area (TPSA) is 35.5 Å². The molecular weight excluding hydrogens is 320 g/mol. The Morgan fingerprint density at radius 1 is 1.04 bits per heavy atom. The second-order valence-electron chi connectivity index (χ2n) is 7.02. The van der Waals surface area contributed by atoms with E-state index in [2.05, 4.69) is 39.0 Å². The van der Waals surface area contributed by atoms with Gasteiger partial charge in [0.2, 0.25) is 0 Å². The van der Waals surface area contributed by atoms with Crippen LogP contribution in [0.15, 0.2) is 59.5 Å². The monoisotopic (exact) mass is 344 g/mol. The number of carbonyl (C=O) groups excluding carboxylic acids is 1. The summed E-state index contributed by atoms with van der Waals surface area (Å²) in [6, 6.07) is 18.4. The number of benzene rings is 2. The Labute approximate surface area is 145 Å². The lowest BCUT2D eigenvalue weighted by molar-refractivity contribution is -0.143. The van der Waals surface area contributed by atoms with Gasteiger partial charge in [0.1, 0.15) is 0 Å². The molecule has 4 heteroatoms. The molecule has 0 radical (unpaired) electrons. The first-order valence-corrected chi connectivity index (χ1v) is 9.91. The quantitative estimate of drug-likeness (QED) is 0.704. The molecule has 0 N–H and O–H groups in total. The number of rotatable bonds is 3. The van der Waals surface area contributed by atoms with Crippen LogP contribution in [-0.4, -0.2) is 11.6 Å². The van der Waals surface area contributed by atoms with Gasteiger partial charge in [-0.05, 0) is 38.5 Å². The number of hydrogen-bond acceptors (Lipinski definition) is 3. The summed E-state index contributed by atoms with van der Waals surface area (Å²) in [5.74, 6) is 0.490. The molecule has 2 atom stereocenters. The molecule has 2 aromatic rings. The Hall–Kier alpha value is -1.78. The molecule has 2 unspecified atom stereocenters. The van der Waals surface area contributed by atoms with E-state index >= 15 is 0 Å². The molecule has 0 fully saturated rings. The van der Waals surface area contributed by atoms with Crippen LogP contribution < -0.4 is 0 Å². The predicted molar refractivity (Wildman–Crippen MR) is 97.8 cm³/mol. The van der Waals surface area contributed by atoms with Crippen LogP contribution in [0.5, 0.6) is 0 Å². The van der Waals surface area contributed by atoms with E-state index in [0.717, 1.165) is 16.2 Å². The van der Waals surface area contributed by atoms with Crippen LogP contribution in [0.3, 0.4) is 0 Å². The van der Waals surface area contributed by atoms with Gasteiger partial charge in [-0.3, -0.25) is 4.79 Å². The zero-order chi connectivity index (χ0) is 17.4. The van der Waals surface area contributed by atoms with Crippen molar-refractivity contribution in [3.8, 4) is 0 Å². The molecule has 1 aliphatic rings. The zero-order valence-corrected chi connectivity index (χ0v) is 15.4. The Bertz CT molecular complexity index is 736. The molecule has 0 amide bonds. The highest BCUT2D eigenvalue weighted by Gasteiger charge is 2.48. The van der Waals surface area contributed by atoms with E-state index < -0.39 is 10.3 Å². The molecule has 128 valence electrons. The molecule has 0 aromatic heterocycles. The summed E-state index contributed by atoms with van der Waals surface area (Å²) in [5.41, 5.74) is 1.56. The maximum atomic E-state index is 11.8. The molecule has 3 rings (SSSR count). The molecule has 0 saturated carbocycles.